The van der Waals surface area contributed by atoms with Crippen molar-refractivity contribution in [1.29, 1.82) is 0 Å². The summed E-state index contributed by atoms with van der Waals surface area (Å²) in [5, 5.41) is 0. The molecule has 3 N–H and O–H groups in total. The Morgan fingerprint density at radius 3 is 2.33 bits per heavy atom. The van der Waals surface area contributed by atoms with Crippen molar-refractivity contribution in [3.63, 3.8) is 0 Å². The summed E-state index contributed by atoms with van der Waals surface area (Å²) in [6, 6.07) is -0.411. The number of aryl methyl sites for hydroxylation is 1. The van der Waals surface area contributed by atoms with E-state index in [4.69, 9.17) is 5.73 Å². The van der Waals surface area contributed by atoms with Gasteiger partial charge in [0.15, 0.2) is 0 Å². The average Bonchev–Trinajstić information content (AvgIpc) is 2.21. The van der Waals surface area contributed by atoms with Crippen LogP contribution >= 0.6 is 0 Å². The fraction of sp³-hybridized carbons (Fsp3) is 0.500. The first-order chi connectivity index (χ1) is 9.35. The number of hydrogen-bond donors (Lipinski definition) is 2. The van der Waals surface area contributed by atoms with Crippen LogP contribution in [-0.2, 0) is 10.0 Å². The van der Waals surface area contributed by atoms with Gasteiger partial charge < -0.3 is 5.73 Å². The summed E-state index contributed by atoms with van der Waals surface area (Å²) in [7, 11) is -4.23. The van der Waals surface area contributed by atoms with Crippen LogP contribution in [0.5, 0.6) is 0 Å². The van der Waals surface area contributed by atoms with Crippen LogP contribution in [0.15, 0.2) is 11.0 Å². The molecule has 0 saturated heterocycles. The van der Waals surface area contributed by atoms with Crippen molar-refractivity contribution >= 4 is 15.7 Å². The zero-order chi connectivity index (χ0) is 16.6. The van der Waals surface area contributed by atoms with Crippen molar-refractivity contribution in [1.82, 2.24) is 4.72 Å². The molecule has 0 fully saturated rings. The van der Waals surface area contributed by atoms with E-state index in [-0.39, 0.29) is 21.7 Å². The average molecular weight is 328 g/mol. The molecule has 0 spiro atoms. The van der Waals surface area contributed by atoms with Gasteiger partial charge in [0.1, 0.15) is 5.82 Å². The van der Waals surface area contributed by atoms with Crippen LogP contribution in [0.3, 0.4) is 0 Å². The molecule has 0 heterocycles. The minimum Gasteiger partial charge on any atom is -0.396 e. The summed E-state index contributed by atoms with van der Waals surface area (Å²) in [6.45, 7) is 3.75. The number of nitrogens with one attached hydrogen (secondary N) is 1. The van der Waals surface area contributed by atoms with E-state index < -0.39 is 34.5 Å². The number of halogens is 4. The second-order valence-corrected chi connectivity index (χ2v) is 6.54. The minimum absolute atomic E-state index is 0.0285. The fourth-order valence-electron chi connectivity index (χ4n) is 2.06. The number of nitrogen functional groups attached to an aromatic ring is 1. The standard InChI is InChI=1S/C12H16F4N2O2S/c1-6-4-9(13)10(17)8(3)11(6)21(19,20)18-7(2)5-12(14,15)16/h4,7,18H,5,17H2,1-3H3. The maximum absolute atomic E-state index is 13.4. The van der Waals surface area contributed by atoms with Crippen LogP contribution in [0, 0.1) is 19.7 Å². The highest BCUT2D eigenvalue weighted by Crippen LogP contribution is 2.28. The van der Waals surface area contributed by atoms with Gasteiger partial charge in [0, 0.05) is 6.04 Å². The quantitative estimate of drug-likeness (QED) is 0.659. The topological polar surface area (TPSA) is 72.2 Å². The van der Waals surface area contributed by atoms with Crippen molar-refractivity contribution in [3.05, 3.63) is 23.0 Å². The van der Waals surface area contributed by atoms with E-state index in [2.05, 4.69) is 0 Å². The van der Waals surface area contributed by atoms with Crippen molar-refractivity contribution < 1.29 is 26.0 Å². The van der Waals surface area contributed by atoms with E-state index in [9.17, 15) is 26.0 Å². The van der Waals surface area contributed by atoms with E-state index in [1.807, 2.05) is 4.72 Å². The maximum Gasteiger partial charge on any atom is 0.390 e. The normalized spacial score (nSPS) is 14.2. The smallest absolute Gasteiger partial charge is 0.390 e. The van der Waals surface area contributed by atoms with Crippen molar-refractivity contribution in [2.75, 3.05) is 5.73 Å². The molecule has 1 aromatic rings. The Balaban J connectivity index is 3.18. The van der Waals surface area contributed by atoms with Crippen molar-refractivity contribution in [3.8, 4) is 0 Å². The van der Waals surface area contributed by atoms with Gasteiger partial charge in [-0.05, 0) is 38.0 Å². The zero-order valence-electron chi connectivity index (χ0n) is 11.7. The SMILES string of the molecule is Cc1cc(F)c(N)c(C)c1S(=O)(=O)NC(C)CC(F)(F)F. The first kappa shape index (κ1) is 17.7. The van der Waals surface area contributed by atoms with E-state index >= 15 is 0 Å². The van der Waals surface area contributed by atoms with Gasteiger partial charge in [-0.2, -0.15) is 13.2 Å². The summed E-state index contributed by atoms with van der Waals surface area (Å²) in [5.41, 5.74) is 5.14. The molecule has 0 radical (unpaired) electrons. The molecule has 1 unspecified atom stereocenters. The summed E-state index contributed by atoms with van der Waals surface area (Å²) in [4.78, 5) is -0.296. The molecule has 9 heteroatoms. The van der Waals surface area contributed by atoms with Crippen LogP contribution in [0.1, 0.15) is 24.5 Å². The highest BCUT2D eigenvalue weighted by molar-refractivity contribution is 7.89. The van der Waals surface area contributed by atoms with Crippen LogP contribution in [-0.4, -0.2) is 20.6 Å². The Hall–Kier alpha value is -1.35. The van der Waals surface area contributed by atoms with Gasteiger partial charge in [0.05, 0.1) is 17.0 Å². The van der Waals surface area contributed by atoms with Crippen LogP contribution in [0.4, 0.5) is 23.2 Å². The van der Waals surface area contributed by atoms with E-state index in [0.29, 0.717) is 0 Å². The van der Waals surface area contributed by atoms with Gasteiger partial charge in [0.25, 0.3) is 0 Å². The molecule has 0 bridgehead atoms. The number of benzene rings is 1. The Kier molecular flexibility index (Phi) is 4.89. The molecule has 0 aliphatic carbocycles. The number of anilines is 1. The summed E-state index contributed by atoms with van der Waals surface area (Å²) < 4.78 is 76.5. The first-order valence-electron chi connectivity index (χ1n) is 5.99. The lowest BCUT2D eigenvalue weighted by molar-refractivity contribution is -0.137. The number of hydrogen-bond acceptors (Lipinski definition) is 3. The number of nitrogens with two attached hydrogens (primary N) is 1. The fourth-order valence-corrected chi connectivity index (χ4v) is 3.78. The molecule has 0 saturated carbocycles. The monoisotopic (exact) mass is 328 g/mol. The predicted octanol–water partition coefficient (Wildman–Crippen LogP) is 2.64. The minimum atomic E-state index is -4.49. The van der Waals surface area contributed by atoms with Gasteiger partial charge in [0.2, 0.25) is 10.0 Å². The molecule has 1 aromatic carbocycles. The van der Waals surface area contributed by atoms with Gasteiger partial charge in [-0.3, -0.25) is 0 Å². The molecule has 0 aromatic heterocycles. The molecule has 1 rings (SSSR count). The molecule has 0 aliphatic rings. The third-order valence-electron chi connectivity index (χ3n) is 2.87. The molecule has 1 atom stereocenters. The van der Waals surface area contributed by atoms with Crippen LogP contribution in [0.2, 0.25) is 0 Å². The van der Waals surface area contributed by atoms with Gasteiger partial charge in [-0.25, -0.2) is 17.5 Å². The van der Waals surface area contributed by atoms with Crippen molar-refractivity contribution in [2.45, 2.75) is 44.3 Å². The Bertz CT molecular complexity index is 642. The van der Waals surface area contributed by atoms with Crippen LogP contribution in [0.25, 0.3) is 0 Å². The Labute approximate surface area is 120 Å². The summed E-state index contributed by atoms with van der Waals surface area (Å²) >= 11 is 0. The predicted molar refractivity (Wildman–Crippen MR) is 70.7 cm³/mol. The van der Waals surface area contributed by atoms with Gasteiger partial charge in [-0.1, -0.05) is 0 Å². The zero-order valence-corrected chi connectivity index (χ0v) is 12.5. The molecule has 120 valence electrons. The highest BCUT2D eigenvalue weighted by atomic mass is 32.2. The third kappa shape index (κ3) is 4.31. The van der Waals surface area contributed by atoms with E-state index in [1.165, 1.54) is 13.8 Å². The second-order valence-electron chi connectivity index (χ2n) is 4.88. The second kappa shape index (κ2) is 5.80. The van der Waals surface area contributed by atoms with Gasteiger partial charge >= 0.3 is 6.18 Å². The maximum atomic E-state index is 13.4. The van der Waals surface area contributed by atoms with Crippen molar-refractivity contribution in [2.24, 2.45) is 0 Å². The molecule has 4 nitrogen and oxygen atoms in total. The first-order valence-corrected chi connectivity index (χ1v) is 7.47. The molecule has 21 heavy (non-hydrogen) atoms. The Morgan fingerprint density at radius 1 is 1.33 bits per heavy atom. The van der Waals surface area contributed by atoms with E-state index in [1.54, 1.807) is 0 Å². The number of sulfonamides is 1. The lowest BCUT2D eigenvalue weighted by Crippen LogP contribution is -2.36. The summed E-state index contributed by atoms with van der Waals surface area (Å²) in [5.74, 6) is -0.771. The third-order valence-corrected chi connectivity index (χ3v) is 4.74. The molecular weight excluding hydrogens is 312 g/mol. The van der Waals surface area contributed by atoms with Crippen LogP contribution < -0.4 is 10.5 Å². The molecular formula is C12H16F4N2O2S. The highest BCUT2D eigenvalue weighted by Gasteiger charge is 2.33. The lowest BCUT2D eigenvalue weighted by atomic mass is 10.1. The largest absolute Gasteiger partial charge is 0.396 e. The number of alkyl halides is 3. The Morgan fingerprint density at radius 2 is 1.86 bits per heavy atom. The number of rotatable bonds is 4. The molecule has 0 aliphatic heterocycles. The molecule has 0 amide bonds. The lowest BCUT2D eigenvalue weighted by Gasteiger charge is -2.19. The van der Waals surface area contributed by atoms with E-state index in [0.717, 1.165) is 13.0 Å². The summed E-state index contributed by atoms with van der Waals surface area (Å²) in [6.07, 6.45) is -5.80. The van der Waals surface area contributed by atoms with Gasteiger partial charge in [-0.15, -0.1) is 0 Å².